The van der Waals surface area contributed by atoms with Gasteiger partial charge in [0.15, 0.2) is 5.96 Å². The summed E-state index contributed by atoms with van der Waals surface area (Å²) in [4.78, 5) is 4.29. The normalized spacial score (nSPS) is 11.7. The highest BCUT2D eigenvalue weighted by atomic mass is 127. The van der Waals surface area contributed by atoms with Gasteiger partial charge < -0.3 is 15.4 Å². The number of halogens is 1. The number of ether oxygens (including phenoxy) is 1. The summed E-state index contributed by atoms with van der Waals surface area (Å²) in [5, 5.41) is 6.75. The molecule has 0 saturated heterocycles. The minimum Gasteiger partial charge on any atom is -0.481 e. The smallest absolute Gasteiger partial charge is 0.191 e. The fourth-order valence-electron chi connectivity index (χ4n) is 2.43. The average molecular weight is 463 g/mol. The molecule has 0 heterocycles. The van der Waals surface area contributed by atoms with Crippen molar-refractivity contribution in [1.29, 1.82) is 0 Å². The molecule has 1 atom stereocenters. The van der Waals surface area contributed by atoms with Gasteiger partial charge in [0.1, 0.15) is 12.4 Å². The van der Waals surface area contributed by atoms with Gasteiger partial charge in [-0.3, -0.25) is 4.99 Å². The molecule has 0 amide bonds. The molecular weight excluding hydrogens is 437 g/mol. The molecule has 1 unspecified atom stereocenters. The molecule has 0 bridgehead atoms. The van der Waals surface area contributed by atoms with Gasteiger partial charge in [0.25, 0.3) is 0 Å². The van der Waals surface area contributed by atoms with Crippen LogP contribution in [0.4, 0.5) is 0 Å². The topological polar surface area (TPSA) is 45.6 Å². The monoisotopic (exact) mass is 463 g/mol. The number of hydrogen-bond donors (Lipinski definition) is 2. The lowest BCUT2D eigenvalue weighted by atomic mass is 10.1. The van der Waals surface area contributed by atoms with Crippen molar-refractivity contribution in [2.24, 2.45) is 4.99 Å². The van der Waals surface area contributed by atoms with E-state index in [1.807, 2.05) is 30.3 Å². The Morgan fingerprint density at radius 2 is 1.85 bits per heavy atom. The quantitative estimate of drug-likeness (QED) is 0.284. The van der Waals surface area contributed by atoms with Crippen LogP contribution in [0.1, 0.15) is 24.1 Å². The lowest BCUT2D eigenvalue weighted by Gasteiger charge is -2.18. The summed E-state index contributed by atoms with van der Waals surface area (Å²) in [6, 6.07) is 18.5. The van der Waals surface area contributed by atoms with Gasteiger partial charge in [-0.25, -0.2) is 0 Å². The number of aliphatic imine (C=N–C) groups is 1. The third-order valence-corrected chi connectivity index (χ3v) is 3.83. The second-order valence-electron chi connectivity index (χ2n) is 5.66. The van der Waals surface area contributed by atoms with Crippen LogP contribution in [0, 0.1) is 12.3 Å². The van der Waals surface area contributed by atoms with Crippen LogP contribution in [0.15, 0.2) is 59.6 Å². The fourth-order valence-corrected chi connectivity index (χ4v) is 2.43. The highest BCUT2D eigenvalue weighted by molar-refractivity contribution is 14.0. The average Bonchev–Trinajstić information content (AvgIpc) is 2.67. The van der Waals surface area contributed by atoms with E-state index in [-0.39, 0.29) is 30.0 Å². The number of rotatable bonds is 7. The second-order valence-corrected chi connectivity index (χ2v) is 5.66. The molecular formula is C21H26IN3O. The maximum Gasteiger partial charge on any atom is 0.191 e. The Hall–Kier alpha value is -2.20. The van der Waals surface area contributed by atoms with Gasteiger partial charge in [0.2, 0.25) is 0 Å². The first-order valence-corrected chi connectivity index (χ1v) is 8.40. The van der Waals surface area contributed by atoms with E-state index in [2.05, 4.69) is 52.7 Å². The lowest BCUT2D eigenvalue weighted by molar-refractivity contribution is 0.370. The van der Waals surface area contributed by atoms with Crippen molar-refractivity contribution in [3.05, 3.63) is 65.7 Å². The van der Waals surface area contributed by atoms with E-state index in [0.29, 0.717) is 6.61 Å². The predicted molar refractivity (Wildman–Crippen MR) is 119 cm³/mol. The van der Waals surface area contributed by atoms with Gasteiger partial charge >= 0.3 is 0 Å². The molecule has 0 aliphatic carbocycles. The van der Waals surface area contributed by atoms with Crippen molar-refractivity contribution in [2.45, 2.75) is 19.4 Å². The second kappa shape index (κ2) is 12.2. The zero-order chi connectivity index (χ0) is 17.9. The molecule has 26 heavy (non-hydrogen) atoms. The van der Waals surface area contributed by atoms with Gasteiger partial charge in [-0.15, -0.1) is 30.4 Å². The van der Waals surface area contributed by atoms with Crippen molar-refractivity contribution < 1.29 is 4.74 Å². The third kappa shape index (κ3) is 7.36. The summed E-state index contributed by atoms with van der Waals surface area (Å²) >= 11 is 0. The van der Waals surface area contributed by atoms with E-state index >= 15 is 0 Å². The maximum absolute atomic E-state index is 5.38. The van der Waals surface area contributed by atoms with Gasteiger partial charge in [0, 0.05) is 13.6 Å². The van der Waals surface area contributed by atoms with Crippen molar-refractivity contribution >= 4 is 29.9 Å². The lowest BCUT2D eigenvalue weighted by Crippen LogP contribution is -2.39. The Kier molecular flexibility index (Phi) is 10.3. The Morgan fingerprint density at radius 1 is 1.15 bits per heavy atom. The van der Waals surface area contributed by atoms with Crippen LogP contribution in [0.25, 0.3) is 0 Å². The number of benzene rings is 2. The van der Waals surface area contributed by atoms with Gasteiger partial charge in [-0.1, -0.05) is 48.4 Å². The Morgan fingerprint density at radius 3 is 2.46 bits per heavy atom. The number of nitrogens with zero attached hydrogens (tertiary/aromatic N) is 1. The van der Waals surface area contributed by atoms with E-state index in [1.54, 1.807) is 7.05 Å². The molecule has 0 aliphatic heterocycles. The van der Waals surface area contributed by atoms with Crippen LogP contribution in [0.5, 0.6) is 5.75 Å². The first-order valence-electron chi connectivity index (χ1n) is 8.40. The van der Waals surface area contributed by atoms with E-state index in [4.69, 9.17) is 11.2 Å². The predicted octanol–water partition coefficient (Wildman–Crippen LogP) is 3.79. The first kappa shape index (κ1) is 21.8. The van der Waals surface area contributed by atoms with Crippen molar-refractivity contribution in [3.8, 4) is 18.1 Å². The summed E-state index contributed by atoms with van der Waals surface area (Å²) in [5.74, 6) is 4.05. The first-order chi connectivity index (χ1) is 12.2. The number of terminal acetylenes is 1. The highest BCUT2D eigenvalue weighted by Gasteiger charge is 2.06. The van der Waals surface area contributed by atoms with Crippen LogP contribution in [0.2, 0.25) is 0 Å². The zero-order valence-electron chi connectivity index (χ0n) is 15.2. The molecule has 4 nitrogen and oxygen atoms in total. The van der Waals surface area contributed by atoms with E-state index in [1.165, 1.54) is 11.1 Å². The molecule has 5 heteroatoms. The standard InChI is InChI=1S/C21H25N3O.HI/c1-4-16-25-20-12-10-18(11-13-20)14-15-23-21(22-3)24-17(2)19-8-6-5-7-9-19;/h1,5-13,17H,14-16H2,2-3H3,(H2,22,23,24);1H. The summed E-state index contributed by atoms with van der Waals surface area (Å²) in [6.07, 6.45) is 6.08. The van der Waals surface area contributed by atoms with Crippen molar-refractivity contribution in [1.82, 2.24) is 10.6 Å². The number of hydrogen-bond acceptors (Lipinski definition) is 2. The molecule has 0 spiro atoms. The molecule has 2 N–H and O–H groups in total. The summed E-state index contributed by atoms with van der Waals surface area (Å²) in [7, 11) is 1.78. The van der Waals surface area contributed by atoms with Crippen molar-refractivity contribution in [2.75, 3.05) is 20.2 Å². The van der Waals surface area contributed by atoms with Crippen LogP contribution >= 0.6 is 24.0 Å². The molecule has 0 aromatic heterocycles. The SMILES string of the molecule is C#CCOc1ccc(CCNC(=NC)NC(C)c2ccccc2)cc1.I. The van der Waals surface area contributed by atoms with E-state index < -0.39 is 0 Å². The van der Waals surface area contributed by atoms with E-state index in [0.717, 1.165) is 24.7 Å². The highest BCUT2D eigenvalue weighted by Crippen LogP contribution is 2.12. The largest absolute Gasteiger partial charge is 0.481 e. The maximum atomic E-state index is 5.38. The molecule has 0 saturated carbocycles. The van der Waals surface area contributed by atoms with Gasteiger partial charge in [0.05, 0.1) is 6.04 Å². The van der Waals surface area contributed by atoms with Crippen LogP contribution < -0.4 is 15.4 Å². The fraction of sp³-hybridized carbons (Fsp3) is 0.286. The molecule has 138 valence electrons. The Balaban J connectivity index is 0.00000338. The Labute approximate surface area is 173 Å². The third-order valence-electron chi connectivity index (χ3n) is 3.83. The van der Waals surface area contributed by atoms with E-state index in [9.17, 15) is 0 Å². The van der Waals surface area contributed by atoms with Crippen LogP contribution in [-0.4, -0.2) is 26.2 Å². The minimum atomic E-state index is 0. The van der Waals surface area contributed by atoms with Gasteiger partial charge in [-0.05, 0) is 36.6 Å². The molecule has 2 rings (SSSR count). The summed E-state index contributed by atoms with van der Waals surface area (Å²) in [5.41, 5.74) is 2.46. The molecule has 0 aliphatic rings. The molecule has 2 aromatic rings. The van der Waals surface area contributed by atoms with Gasteiger partial charge in [-0.2, -0.15) is 0 Å². The molecule has 0 fully saturated rings. The minimum absolute atomic E-state index is 0. The number of guanidine groups is 1. The molecule has 2 aromatic carbocycles. The van der Waals surface area contributed by atoms with Crippen LogP contribution in [-0.2, 0) is 6.42 Å². The number of nitrogens with one attached hydrogen (secondary N) is 2. The summed E-state index contributed by atoms with van der Waals surface area (Å²) < 4.78 is 5.38. The zero-order valence-corrected chi connectivity index (χ0v) is 17.6. The summed E-state index contributed by atoms with van der Waals surface area (Å²) in [6.45, 7) is 3.21. The van der Waals surface area contributed by atoms with Crippen molar-refractivity contribution in [3.63, 3.8) is 0 Å². The Bertz CT molecular complexity index is 708. The van der Waals surface area contributed by atoms with Crippen LogP contribution in [0.3, 0.4) is 0 Å². The molecule has 0 radical (unpaired) electrons.